The molecule has 0 bridgehead atoms. The highest BCUT2D eigenvalue weighted by molar-refractivity contribution is 7.95. The topological polar surface area (TPSA) is 67.2 Å². The molecule has 0 fully saturated rings. The molecule has 0 atom stereocenters. The van der Waals surface area contributed by atoms with E-state index in [1.165, 1.54) is 30.3 Å². The summed E-state index contributed by atoms with van der Waals surface area (Å²) in [5.41, 5.74) is 0.0000340. The number of rotatable bonds is 5. The number of nitrogens with zero attached hydrogens (tertiary/aromatic N) is 1. The van der Waals surface area contributed by atoms with Crippen LogP contribution in [-0.2, 0) is 9.84 Å². The molecule has 2 aromatic rings. The molecule has 0 unspecified atom stereocenters. The van der Waals surface area contributed by atoms with Crippen LogP contribution in [0.1, 0.15) is 5.56 Å². The molecular weight excluding hydrogens is 343 g/mol. The van der Waals surface area contributed by atoms with E-state index in [-0.39, 0.29) is 16.2 Å². The third kappa shape index (κ3) is 3.94. The van der Waals surface area contributed by atoms with Crippen molar-refractivity contribution in [1.29, 1.82) is 5.26 Å². The lowest BCUT2D eigenvalue weighted by Gasteiger charge is -2.08. The maximum atomic E-state index is 12.9. The molecule has 0 spiro atoms. The molecule has 0 saturated heterocycles. The van der Waals surface area contributed by atoms with Gasteiger partial charge in [0.25, 0.3) is 0 Å². The van der Waals surface area contributed by atoms with Gasteiger partial charge in [-0.1, -0.05) is 18.2 Å². The molecule has 2 aromatic carbocycles. The zero-order valence-corrected chi connectivity index (χ0v) is 12.8. The van der Waals surface area contributed by atoms with E-state index < -0.39 is 27.2 Å². The largest absolute Gasteiger partial charge is 0.434 e. The predicted molar refractivity (Wildman–Crippen MR) is 80.2 cm³/mol. The maximum Gasteiger partial charge on any atom is 0.387 e. The molecule has 0 radical (unpaired) electrons. The summed E-state index contributed by atoms with van der Waals surface area (Å²) in [4.78, 5) is -0.969. The minimum absolute atomic E-state index is 0.0000340. The Hall–Kier alpha value is -2.79. The summed E-state index contributed by atoms with van der Waals surface area (Å²) in [6.07, 6.45) is 0.927. The van der Waals surface area contributed by atoms with Crippen LogP contribution in [0.15, 0.2) is 58.3 Å². The smallest absolute Gasteiger partial charge is 0.387 e. The molecule has 4 nitrogen and oxygen atoms in total. The van der Waals surface area contributed by atoms with Crippen LogP contribution in [0.5, 0.6) is 5.75 Å². The van der Waals surface area contributed by atoms with Crippen molar-refractivity contribution < 1.29 is 26.3 Å². The molecule has 0 heterocycles. The summed E-state index contributed by atoms with van der Waals surface area (Å²) in [5, 5.41) is 9.15. The molecule has 0 saturated carbocycles. The van der Waals surface area contributed by atoms with E-state index in [0.717, 1.165) is 30.3 Å². The van der Waals surface area contributed by atoms with Crippen LogP contribution < -0.4 is 4.74 Å². The lowest BCUT2D eigenvalue weighted by atomic mass is 10.2. The highest BCUT2D eigenvalue weighted by Gasteiger charge is 2.21. The quantitative estimate of drug-likeness (QED) is 0.606. The van der Waals surface area contributed by atoms with Crippen LogP contribution in [0.2, 0.25) is 0 Å². The van der Waals surface area contributed by atoms with Crippen molar-refractivity contribution in [3.63, 3.8) is 0 Å². The fourth-order valence-electron chi connectivity index (χ4n) is 1.85. The monoisotopic (exact) mass is 353 g/mol. The molecule has 0 aliphatic rings. The maximum absolute atomic E-state index is 12.9. The third-order valence-electron chi connectivity index (χ3n) is 2.95. The van der Waals surface area contributed by atoms with Gasteiger partial charge in [0, 0.05) is 5.56 Å². The number of allylic oxidation sites excluding steroid dienone is 1. The van der Waals surface area contributed by atoms with Gasteiger partial charge in [0.15, 0.2) is 0 Å². The van der Waals surface area contributed by atoms with Crippen LogP contribution in [0.25, 0.3) is 6.08 Å². The van der Waals surface area contributed by atoms with Crippen molar-refractivity contribution in [2.75, 3.05) is 0 Å². The molecular formula is C16H10F3NO3S. The fraction of sp³-hybridized carbons (Fsp3) is 0.0625. The highest BCUT2D eigenvalue weighted by Crippen LogP contribution is 2.26. The van der Waals surface area contributed by atoms with Crippen LogP contribution >= 0.6 is 0 Å². The van der Waals surface area contributed by atoms with Crippen LogP contribution in [0, 0.1) is 17.1 Å². The lowest BCUT2D eigenvalue weighted by Crippen LogP contribution is -2.05. The van der Waals surface area contributed by atoms with E-state index in [0.29, 0.717) is 0 Å². The number of ether oxygens (including phenoxy) is 1. The van der Waals surface area contributed by atoms with Gasteiger partial charge in [0.1, 0.15) is 22.5 Å². The van der Waals surface area contributed by atoms with E-state index in [1.54, 1.807) is 0 Å². The average Bonchev–Trinajstić information content (AvgIpc) is 2.53. The van der Waals surface area contributed by atoms with Crippen molar-refractivity contribution in [2.24, 2.45) is 0 Å². The number of para-hydroxylation sites is 1. The van der Waals surface area contributed by atoms with E-state index in [9.17, 15) is 21.6 Å². The second-order valence-electron chi connectivity index (χ2n) is 4.49. The van der Waals surface area contributed by atoms with Gasteiger partial charge in [-0.15, -0.1) is 0 Å². The van der Waals surface area contributed by atoms with E-state index in [4.69, 9.17) is 5.26 Å². The van der Waals surface area contributed by atoms with Gasteiger partial charge in [0.05, 0.1) is 4.90 Å². The fourth-order valence-corrected chi connectivity index (χ4v) is 3.01. The summed E-state index contributed by atoms with van der Waals surface area (Å²) in [7, 11) is -4.22. The molecule has 0 amide bonds. The third-order valence-corrected chi connectivity index (χ3v) is 4.63. The summed E-state index contributed by atoms with van der Waals surface area (Å²) >= 11 is 0. The van der Waals surface area contributed by atoms with Gasteiger partial charge < -0.3 is 4.74 Å². The van der Waals surface area contributed by atoms with Crippen molar-refractivity contribution in [1.82, 2.24) is 0 Å². The normalized spacial score (nSPS) is 12.0. The number of benzene rings is 2. The SMILES string of the molecule is N#CC(=Cc1ccccc1OC(F)F)S(=O)(=O)c1ccc(F)cc1. The number of halogens is 3. The first-order chi connectivity index (χ1) is 11.3. The zero-order chi connectivity index (χ0) is 17.7. The first kappa shape index (κ1) is 17.6. The number of hydrogen-bond donors (Lipinski definition) is 0. The Balaban J connectivity index is 2.51. The molecule has 0 aliphatic heterocycles. The molecule has 8 heteroatoms. The Labute approximate surface area is 136 Å². The highest BCUT2D eigenvalue weighted by atomic mass is 32.2. The number of sulfone groups is 1. The Bertz CT molecular complexity index is 901. The van der Waals surface area contributed by atoms with Crippen LogP contribution in [-0.4, -0.2) is 15.0 Å². The predicted octanol–water partition coefficient (Wildman–Crippen LogP) is 3.77. The molecule has 0 aromatic heterocycles. The minimum Gasteiger partial charge on any atom is -0.434 e. The average molecular weight is 353 g/mol. The second-order valence-corrected chi connectivity index (χ2v) is 6.41. The van der Waals surface area contributed by atoms with Crippen molar-refractivity contribution in [3.05, 3.63) is 64.8 Å². The first-order valence-corrected chi connectivity index (χ1v) is 7.99. The zero-order valence-electron chi connectivity index (χ0n) is 12.0. The number of alkyl halides is 2. The Morgan fingerprint density at radius 2 is 1.75 bits per heavy atom. The van der Waals surface area contributed by atoms with Crippen molar-refractivity contribution in [3.8, 4) is 11.8 Å². The number of hydrogen-bond acceptors (Lipinski definition) is 4. The molecule has 24 heavy (non-hydrogen) atoms. The first-order valence-electron chi connectivity index (χ1n) is 6.51. The second kappa shape index (κ2) is 7.19. The Morgan fingerprint density at radius 1 is 1.12 bits per heavy atom. The van der Waals surface area contributed by atoms with Gasteiger partial charge in [-0.2, -0.15) is 14.0 Å². The minimum atomic E-state index is -4.22. The van der Waals surface area contributed by atoms with Gasteiger partial charge >= 0.3 is 6.61 Å². The van der Waals surface area contributed by atoms with Gasteiger partial charge in [-0.05, 0) is 36.4 Å². The Kier molecular flexibility index (Phi) is 5.26. The van der Waals surface area contributed by atoms with E-state index in [1.807, 2.05) is 0 Å². The summed E-state index contributed by atoms with van der Waals surface area (Å²) in [6.45, 7) is -3.10. The molecule has 0 N–H and O–H groups in total. The summed E-state index contributed by atoms with van der Waals surface area (Å²) in [5.74, 6) is -0.901. The van der Waals surface area contributed by atoms with E-state index in [2.05, 4.69) is 4.74 Å². The van der Waals surface area contributed by atoms with Gasteiger partial charge in [0.2, 0.25) is 9.84 Å². The lowest BCUT2D eigenvalue weighted by molar-refractivity contribution is -0.0499. The van der Waals surface area contributed by atoms with E-state index >= 15 is 0 Å². The summed E-state index contributed by atoms with van der Waals surface area (Å²) < 4.78 is 66.8. The van der Waals surface area contributed by atoms with Crippen LogP contribution in [0.4, 0.5) is 13.2 Å². The van der Waals surface area contributed by atoms with Gasteiger partial charge in [-0.3, -0.25) is 0 Å². The summed E-state index contributed by atoms with van der Waals surface area (Å²) in [6, 6.07) is 10.9. The van der Waals surface area contributed by atoms with Crippen molar-refractivity contribution >= 4 is 15.9 Å². The standard InChI is InChI=1S/C16H10F3NO3S/c17-12-5-7-13(8-6-12)24(21,22)14(10-20)9-11-3-1-2-4-15(11)23-16(18)19/h1-9,16H. The molecule has 124 valence electrons. The molecule has 0 aliphatic carbocycles. The molecule has 2 rings (SSSR count). The number of nitriles is 1. The van der Waals surface area contributed by atoms with Crippen molar-refractivity contribution in [2.45, 2.75) is 11.5 Å². The van der Waals surface area contributed by atoms with Gasteiger partial charge in [-0.25, -0.2) is 12.8 Å². The Morgan fingerprint density at radius 3 is 2.33 bits per heavy atom. The van der Waals surface area contributed by atoms with Crippen LogP contribution in [0.3, 0.4) is 0 Å².